The lowest BCUT2D eigenvalue weighted by Gasteiger charge is -2.40. The summed E-state index contributed by atoms with van der Waals surface area (Å²) in [7, 11) is 0. The topological polar surface area (TPSA) is 52.9 Å². The van der Waals surface area contributed by atoms with Crippen molar-refractivity contribution in [2.75, 3.05) is 5.32 Å². The van der Waals surface area contributed by atoms with E-state index in [-0.39, 0.29) is 5.91 Å². The van der Waals surface area contributed by atoms with Crippen molar-refractivity contribution < 1.29 is 4.79 Å². The highest BCUT2D eigenvalue weighted by molar-refractivity contribution is 6.00. The second kappa shape index (κ2) is 5.41. The van der Waals surface area contributed by atoms with Crippen molar-refractivity contribution in [1.82, 2.24) is 0 Å². The zero-order valence-corrected chi connectivity index (χ0v) is 11.7. The number of benzene rings is 2. The van der Waals surface area contributed by atoms with Crippen molar-refractivity contribution in [3.63, 3.8) is 0 Å². The van der Waals surface area contributed by atoms with Crippen LogP contribution in [-0.2, 0) is 10.2 Å². The number of hydrogen-bond acceptors (Lipinski definition) is 2. The summed E-state index contributed by atoms with van der Waals surface area (Å²) in [6.45, 7) is 0. The fourth-order valence-electron chi connectivity index (χ4n) is 2.85. The molecule has 1 saturated carbocycles. The zero-order valence-electron chi connectivity index (χ0n) is 11.7. The summed E-state index contributed by atoms with van der Waals surface area (Å²) in [6, 6.07) is 19.1. The molecule has 21 heavy (non-hydrogen) atoms. The Morgan fingerprint density at radius 3 is 2.48 bits per heavy atom. The second-order valence-electron chi connectivity index (χ2n) is 5.45. The first kappa shape index (κ1) is 13.4. The largest absolute Gasteiger partial charge is 0.325 e. The highest BCUT2D eigenvalue weighted by Gasteiger charge is 2.45. The highest BCUT2D eigenvalue weighted by atomic mass is 16.2. The van der Waals surface area contributed by atoms with Crippen molar-refractivity contribution in [3.05, 3.63) is 65.7 Å². The Balaban J connectivity index is 1.85. The van der Waals surface area contributed by atoms with E-state index in [1.165, 1.54) is 0 Å². The standard InChI is InChI=1S/C18H16N2O/c19-13-14-6-4-9-16(12-14)20-17(21)18(10-5-11-18)15-7-2-1-3-8-15/h1-4,6-9,12H,5,10-11H2,(H,20,21). The maximum atomic E-state index is 12.7. The summed E-state index contributed by atoms with van der Waals surface area (Å²) in [5.74, 6) is 0.0232. The van der Waals surface area contributed by atoms with Crippen LogP contribution in [0.25, 0.3) is 0 Å². The average molecular weight is 276 g/mol. The van der Waals surface area contributed by atoms with Gasteiger partial charge >= 0.3 is 0 Å². The third-order valence-electron chi connectivity index (χ3n) is 4.22. The molecular formula is C18H16N2O. The third-order valence-corrected chi connectivity index (χ3v) is 4.22. The molecule has 0 aromatic heterocycles. The van der Waals surface area contributed by atoms with E-state index in [9.17, 15) is 4.79 Å². The van der Waals surface area contributed by atoms with Gasteiger partial charge in [-0.15, -0.1) is 0 Å². The molecular weight excluding hydrogens is 260 g/mol. The predicted molar refractivity (Wildman–Crippen MR) is 81.8 cm³/mol. The summed E-state index contributed by atoms with van der Waals surface area (Å²) < 4.78 is 0. The van der Waals surface area contributed by atoms with Gasteiger partial charge < -0.3 is 5.32 Å². The zero-order chi connectivity index (χ0) is 14.7. The van der Waals surface area contributed by atoms with E-state index in [1.54, 1.807) is 18.2 Å². The lowest BCUT2D eigenvalue weighted by atomic mass is 9.64. The number of nitriles is 1. The molecule has 1 amide bonds. The summed E-state index contributed by atoms with van der Waals surface area (Å²) in [5.41, 5.74) is 1.89. The van der Waals surface area contributed by atoms with Gasteiger partial charge in [-0.1, -0.05) is 42.8 Å². The Labute approximate surface area is 124 Å². The van der Waals surface area contributed by atoms with Gasteiger partial charge in [0, 0.05) is 5.69 Å². The molecule has 1 N–H and O–H groups in total. The van der Waals surface area contributed by atoms with Crippen LogP contribution in [0.2, 0.25) is 0 Å². The summed E-state index contributed by atoms with van der Waals surface area (Å²) in [5, 5.41) is 11.9. The number of amides is 1. The van der Waals surface area contributed by atoms with Crippen LogP contribution in [0.15, 0.2) is 54.6 Å². The van der Waals surface area contributed by atoms with Gasteiger partial charge in [-0.2, -0.15) is 5.26 Å². The molecule has 0 radical (unpaired) electrons. The minimum atomic E-state index is -0.413. The minimum absolute atomic E-state index is 0.0232. The van der Waals surface area contributed by atoms with Gasteiger partial charge in [-0.3, -0.25) is 4.79 Å². The number of nitrogens with zero attached hydrogens (tertiary/aromatic N) is 1. The molecule has 3 nitrogen and oxygen atoms in total. The minimum Gasteiger partial charge on any atom is -0.325 e. The van der Waals surface area contributed by atoms with Crippen molar-refractivity contribution >= 4 is 11.6 Å². The van der Waals surface area contributed by atoms with Gasteiger partial charge in [-0.05, 0) is 36.6 Å². The fourth-order valence-corrected chi connectivity index (χ4v) is 2.85. The lowest BCUT2D eigenvalue weighted by Crippen LogP contribution is -2.45. The molecule has 0 bridgehead atoms. The average Bonchev–Trinajstić information content (AvgIpc) is 2.47. The molecule has 1 aliphatic carbocycles. The molecule has 0 heterocycles. The maximum Gasteiger partial charge on any atom is 0.235 e. The van der Waals surface area contributed by atoms with Crippen molar-refractivity contribution in [1.29, 1.82) is 5.26 Å². The molecule has 3 rings (SSSR count). The molecule has 0 aliphatic heterocycles. The van der Waals surface area contributed by atoms with E-state index in [0.717, 1.165) is 24.8 Å². The fraction of sp³-hybridized carbons (Fsp3) is 0.222. The summed E-state index contributed by atoms with van der Waals surface area (Å²) in [6.07, 6.45) is 2.82. The van der Waals surface area contributed by atoms with Crippen LogP contribution in [0.5, 0.6) is 0 Å². The van der Waals surface area contributed by atoms with Crippen molar-refractivity contribution in [2.45, 2.75) is 24.7 Å². The number of rotatable bonds is 3. The second-order valence-corrected chi connectivity index (χ2v) is 5.45. The predicted octanol–water partition coefficient (Wildman–Crippen LogP) is 3.62. The van der Waals surface area contributed by atoms with E-state index >= 15 is 0 Å². The van der Waals surface area contributed by atoms with Crippen molar-refractivity contribution in [2.24, 2.45) is 0 Å². The number of carbonyl (C=O) groups is 1. The Morgan fingerprint density at radius 1 is 1.10 bits per heavy atom. The van der Waals surface area contributed by atoms with Crippen LogP contribution in [0.1, 0.15) is 30.4 Å². The number of nitrogens with one attached hydrogen (secondary N) is 1. The van der Waals surface area contributed by atoms with Crippen LogP contribution < -0.4 is 5.32 Å². The summed E-state index contributed by atoms with van der Waals surface area (Å²) >= 11 is 0. The van der Waals surface area contributed by atoms with Gasteiger partial charge in [0.2, 0.25) is 5.91 Å². The van der Waals surface area contributed by atoms with Gasteiger partial charge in [0.15, 0.2) is 0 Å². The Hall–Kier alpha value is -2.60. The molecule has 2 aromatic rings. The van der Waals surface area contributed by atoms with Gasteiger partial charge in [-0.25, -0.2) is 0 Å². The molecule has 104 valence electrons. The van der Waals surface area contributed by atoms with E-state index in [1.807, 2.05) is 36.4 Å². The molecule has 0 unspecified atom stereocenters. The van der Waals surface area contributed by atoms with E-state index in [0.29, 0.717) is 11.3 Å². The normalized spacial score (nSPS) is 15.6. The molecule has 1 aliphatic rings. The monoisotopic (exact) mass is 276 g/mol. The van der Waals surface area contributed by atoms with Crippen LogP contribution in [0.3, 0.4) is 0 Å². The van der Waals surface area contributed by atoms with E-state index < -0.39 is 5.41 Å². The number of hydrogen-bond donors (Lipinski definition) is 1. The van der Waals surface area contributed by atoms with Crippen LogP contribution in [-0.4, -0.2) is 5.91 Å². The lowest BCUT2D eigenvalue weighted by molar-refractivity contribution is -0.124. The smallest absolute Gasteiger partial charge is 0.235 e. The number of anilines is 1. The molecule has 3 heteroatoms. The van der Waals surface area contributed by atoms with Crippen molar-refractivity contribution in [3.8, 4) is 6.07 Å². The van der Waals surface area contributed by atoms with Crippen LogP contribution in [0.4, 0.5) is 5.69 Å². The number of carbonyl (C=O) groups excluding carboxylic acids is 1. The molecule has 0 spiro atoms. The Morgan fingerprint density at radius 2 is 1.86 bits per heavy atom. The van der Waals surface area contributed by atoms with E-state index in [2.05, 4.69) is 11.4 Å². The quantitative estimate of drug-likeness (QED) is 0.930. The van der Waals surface area contributed by atoms with E-state index in [4.69, 9.17) is 5.26 Å². The first-order chi connectivity index (χ1) is 10.2. The molecule has 0 saturated heterocycles. The SMILES string of the molecule is N#Cc1cccc(NC(=O)C2(c3ccccc3)CCC2)c1. The van der Waals surface area contributed by atoms with Gasteiger partial charge in [0.05, 0.1) is 17.0 Å². The Bertz CT molecular complexity index is 697. The molecule has 1 fully saturated rings. The first-order valence-electron chi connectivity index (χ1n) is 7.12. The van der Waals surface area contributed by atoms with Crippen LogP contribution >= 0.6 is 0 Å². The third kappa shape index (κ3) is 2.41. The first-order valence-corrected chi connectivity index (χ1v) is 7.12. The molecule has 0 atom stereocenters. The summed E-state index contributed by atoms with van der Waals surface area (Å²) in [4.78, 5) is 12.7. The highest BCUT2D eigenvalue weighted by Crippen LogP contribution is 2.44. The molecule has 2 aromatic carbocycles. The van der Waals surface area contributed by atoms with Gasteiger partial charge in [0.25, 0.3) is 0 Å². The van der Waals surface area contributed by atoms with Gasteiger partial charge in [0.1, 0.15) is 0 Å². The van der Waals surface area contributed by atoms with Crippen LogP contribution in [0, 0.1) is 11.3 Å². The Kier molecular flexibility index (Phi) is 3.45. The maximum absolute atomic E-state index is 12.7.